The minimum atomic E-state index is -0.997. The van der Waals surface area contributed by atoms with Gasteiger partial charge in [0, 0.05) is 25.3 Å². The topological polar surface area (TPSA) is 57.6 Å². The van der Waals surface area contributed by atoms with Gasteiger partial charge < -0.3 is 10.0 Å². The van der Waals surface area contributed by atoms with Crippen molar-refractivity contribution in [1.29, 1.82) is 0 Å². The molecule has 0 heterocycles. The normalized spacial score (nSPS) is 13.2. The van der Waals surface area contributed by atoms with Crippen LogP contribution in [0.2, 0.25) is 0 Å². The molecule has 0 saturated carbocycles. The van der Waals surface area contributed by atoms with Crippen molar-refractivity contribution in [3.63, 3.8) is 0 Å². The standard InChI is InChI=1S/C12H23NO3S/c1-6-9(8-17-5)13(4)10(14)7-12(2,3)11(15)16/h9H,6-8H2,1-5H3,(H,15,16). The average molecular weight is 261 g/mol. The Balaban J connectivity index is 4.54. The van der Waals surface area contributed by atoms with Crippen LogP contribution >= 0.6 is 11.8 Å². The maximum atomic E-state index is 12.0. The van der Waals surface area contributed by atoms with E-state index in [9.17, 15) is 9.59 Å². The lowest BCUT2D eigenvalue weighted by Crippen LogP contribution is -2.41. The molecule has 17 heavy (non-hydrogen) atoms. The zero-order chi connectivity index (χ0) is 13.6. The number of hydrogen-bond acceptors (Lipinski definition) is 3. The van der Waals surface area contributed by atoms with Crippen molar-refractivity contribution in [1.82, 2.24) is 4.90 Å². The predicted octanol–water partition coefficient (Wildman–Crippen LogP) is 2.09. The number of carbonyl (C=O) groups excluding carboxylic acids is 1. The maximum absolute atomic E-state index is 12.0. The number of carboxylic acids is 1. The van der Waals surface area contributed by atoms with Crippen molar-refractivity contribution < 1.29 is 14.7 Å². The van der Waals surface area contributed by atoms with Crippen LogP contribution in [0, 0.1) is 5.41 Å². The molecule has 0 aliphatic carbocycles. The van der Waals surface area contributed by atoms with Gasteiger partial charge in [-0.3, -0.25) is 9.59 Å². The highest BCUT2D eigenvalue weighted by atomic mass is 32.2. The number of thioether (sulfide) groups is 1. The van der Waals surface area contributed by atoms with Gasteiger partial charge in [-0.2, -0.15) is 11.8 Å². The molecule has 0 aliphatic rings. The van der Waals surface area contributed by atoms with Gasteiger partial charge in [-0.15, -0.1) is 0 Å². The molecule has 0 radical (unpaired) electrons. The van der Waals surface area contributed by atoms with E-state index in [2.05, 4.69) is 0 Å². The summed E-state index contributed by atoms with van der Waals surface area (Å²) in [5.74, 6) is -0.151. The van der Waals surface area contributed by atoms with Gasteiger partial charge in [-0.25, -0.2) is 0 Å². The van der Waals surface area contributed by atoms with E-state index in [1.165, 1.54) is 0 Å². The first kappa shape index (κ1) is 16.3. The third kappa shape index (κ3) is 4.98. The SMILES string of the molecule is CCC(CSC)N(C)C(=O)CC(C)(C)C(=O)O. The third-order valence-corrected chi connectivity index (χ3v) is 3.66. The monoisotopic (exact) mass is 261 g/mol. The number of amides is 1. The molecule has 0 saturated heterocycles. The molecule has 5 heteroatoms. The van der Waals surface area contributed by atoms with Crippen molar-refractivity contribution >= 4 is 23.6 Å². The lowest BCUT2D eigenvalue weighted by Gasteiger charge is -2.29. The summed E-state index contributed by atoms with van der Waals surface area (Å²) in [6, 6.07) is 0.182. The van der Waals surface area contributed by atoms with Crippen molar-refractivity contribution in [3.8, 4) is 0 Å². The molecule has 0 rings (SSSR count). The maximum Gasteiger partial charge on any atom is 0.309 e. The fraction of sp³-hybridized carbons (Fsp3) is 0.833. The van der Waals surface area contributed by atoms with Gasteiger partial charge in [-0.1, -0.05) is 6.92 Å². The molecule has 0 aromatic heterocycles. The highest BCUT2D eigenvalue weighted by Gasteiger charge is 2.32. The first-order valence-electron chi connectivity index (χ1n) is 5.74. The average Bonchev–Trinajstić information content (AvgIpc) is 2.24. The van der Waals surface area contributed by atoms with Crippen molar-refractivity contribution in [3.05, 3.63) is 0 Å². The molecule has 100 valence electrons. The minimum Gasteiger partial charge on any atom is -0.481 e. The fourth-order valence-corrected chi connectivity index (χ4v) is 2.32. The van der Waals surface area contributed by atoms with Gasteiger partial charge in [-0.05, 0) is 26.5 Å². The lowest BCUT2D eigenvalue weighted by atomic mass is 9.89. The molecule has 1 unspecified atom stereocenters. The van der Waals surface area contributed by atoms with E-state index in [4.69, 9.17) is 5.11 Å². The molecular weight excluding hydrogens is 238 g/mol. The lowest BCUT2D eigenvalue weighted by molar-refractivity contribution is -0.151. The molecule has 1 N–H and O–H groups in total. The third-order valence-electron chi connectivity index (χ3n) is 2.94. The summed E-state index contributed by atoms with van der Waals surface area (Å²) in [6.07, 6.45) is 2.93. The van der Waals surface area contributed by atoms with E-state index in [-0.39, 0.29) is 18.4 Å². The molecule has 0 bridgehead atoms. The number of rotatable bonds is 7. The Bertz CT molecular complexity index is 279. The Morgan fingerprint density at radius 1 is 1.41 bits per heavy atom. The Hall–Kier alpha value is -0.710. The van der Waals surface area contributed by atoms with Crippen LogP contribution in [0.15, 0.2) is 0 Å². The van der Waals surface area contributed by atoms with Crippen LogP contribution in [-0.2, 0) is 9.59 Å². The second-order valence-electron chi connectivity index (χ2n) is 4.89. The fourth-order valence-electron chi connectivity index (χ4n) is 1.48. The minimum absolute atomic E-state index is 0.0454. The summed E-state index contributed by atoms with van der Waals surface area (Å²) in [7, 11) is 1.75. The summed E-state index contributed by atoms with van der Waals surface area (Å²) in [5, 5.41) is 9.00. The van der Waals surface area contributed by atoms with Gasteiger partial charge in [0.25, 0.3) is 0 Å². The van der Waals surface area contributed by atoms with Crippen LogP contribution in [0.5, 0.6) is 0 Å². The van der Waals surface area contributed by atoms with Gasteiger partial charge in [0.2, 0.25) is 5.91 Å². The van der Waals surface area contributed by atoms with Crippen LogP contribution in [0.3, 0.4) is 0 Å². The number of carbonyl (C=O) groups is 2. The molecule has 1 amide bonds. The van der Waals surface area contributed by atoms with Gasteiger partial charge >= 0.3 is 5.97 Å². The Labute approximate surface area is 108 Å². The summed E-state index contributed by atoms with van der Waals surface area (Å²) in [4.78, 5) is 24.6. The molecule has 0 fully saturated rings. The van der Waals surface area contributed by atoms with E-state index in [0.29, 0.717) is 0 Å². The van der Waals surface area contributed by atoms with Crippen LogP contribution in [0.25, 0.3) is 0 Å². The molecule has 4 nitrogen and oxygen atoms in total. The van der Waals surface area contributed by atoms with Crippen LogP contribution in [-0.4, -0.2) is 47.0 Å². The van der Waals surface area contributed by atoms with E-state index in [0.717, 1.165) is 12.2 Å². The van der Waals surface area contributed by atoms with Crippen molar-refractivity contribution in [2.45, 2.75) is 39.7 Å². The summed E-state index contributed by atoms with van der Waals surface area (Å²) < 4.78 is 0. The summed E-state index contributed by atoms with van der Waals surface area (Å²) in [5.41, 5.74) is -0.997. The summed E-state index contributed by atoms with van der Waals surface area (Å²) >= 11 is 1.69. The van der Waals surface area contributed by atoms with E-state index in [1.54, 1.807) is 37.6 Å². The highest BCUT2D eigenvalue weighted by molar-refractivity contribution is 7.98. The van der Waals surface area contributed by atoms with Gasteiger partial charge in [0.1, 0.15) is 0 Å². The molecule has 0 aromatic rings. The quantitative estimate of drug-likeness (QED) is 0.762. The molecule has 0 aliphatic heterocycles. The van der Waals surface area contributed by atoms with Crippen LogP contribution < -0.4 is 0 Å². The Morgan fingerprint density at radius 3 is 2.29 bits per heavy atom. The zero-order valence-electron chi connectivity index (χ0n) is 11.3. The molecular formula is C12H23NO3S. The first-order valence-corrected chi connectivity index (χ1v) is 7.13. The van der Waals surface area contributed by atoms with Crippen molar-refractivity contribution in [2.24, 2.45) is 5.41 Å². The number of nitrogens with zero attached hydrogens (tertiary/aromatic N) is 1. The van der Waals surface area contributed by atoms with E-state index >= 15 is 0 Å². The second-order valence-corrected chi connectivity index (χ2v) is 5.80. The molecule has 0 aromatic carbocycles. The Kier molecular flexibility index (Phi) is 6.60. The largest absolute Gasteiger partial charge is 0.481 e. The molecule has 1 atom stereocenters. The van der Waals surface area contributed by atoms with E-state index < -0.39 is 11.4 Å². The van der Waals surface area contributed by atoms with Gasteiger partial charge in [0.05, 0.1) is 5.41 Å². The number of hydrogen-bond donors (Lipinski definition) is 1. The molecule has 0 spiro atoms. The van der Waals surface area contributed by atoms with Gasteiger partial charge in [0.15, 0.2) is 0 Å². The number of carboxylic acid groups (broad SMARTS) is 1. The zero-order valence-corrected chi connectivity index (χ0v) is 12.1. The van der Waals surface area contributed by atoms with E-state index in [1.807, 2.05) is 13.2 Å². The summed E-state index contributed by atoms with van der Waals surface area (Å²) in [6.45, 7) is 5.19. The van der Waals surface area contributed by atoms with Crippen molar-refractivity contribution in [2.75, 3.05) is 19.1 Å². The highest BCUT2D eigenvalue weighted by Crippen LogP contribution is 2.22. The van der Waals surface area contributed by atoms with Crippen LogP contribution in [0.1, 0.15) is 33.6 Å². The Morgan fingerprint density at radius 2 is 1.94 bits per heavy atom. The first-order chi connectivity index (χ1) is 7.76. The smallest absolute Gasteiger partial charge is 0.309 e. The predicted molar refractivity (Wildman–Crippen MR) is 71.3 cm³/mol. The number of aliphatic carboxylic acids is 1. The van der Waals surface area contributed by atoms with Crippen LogP contribution in [0.4, 0.5) is 0 Å². The second kappa shape index (κ2) is 6.89.